The topological polar surface area (TPSA) is 37.0 Å². The van der Waals surface area contributed by atoms with Crippen LogP contribution < -0.4 is 10.6 Å². The van der Waals surface area contributed by atoms with Gasteiger partial charge in [-0.15, -0.1) is 0 Å². The highest BCUT2D eigenvalue weighted by Gasteiger charge is 2.47. The molecule has 0 unspecified atom stereocenters. The third kappa shape index (κ3) is 1.72. The second kappa shape index (κ2) is 3.95. The second-order valence-corrected chi connectivity index (χ2v) is 6.42. The highest BCUT2D eigenvalue weighted by atomic mass is 15.0. The second-order valence-electron chi connectivity index (χ2n) is 6.42. The van der Waals surface area contributed by atoms with Gasteiger partial charge in [-0.2, -0.15) is 0 Å². The quantitative estimate of drug-likeness (QED) is 0.834. The van der Waals surface area contributed by atoms with Crippen molar-refractivity contribution in [2.45, 2.75) is 32.1 Å². The molecule has 0 bridgehead atoms. The summed E-state index contributed by atoms with van der Waals surface area (Å²) in [6.07, 6.45) is 6.43. The number of nitrogens with one attached hydrogen (secondary N) is 2. The van der Waals surface area contributed by atoms with Crippen molar-refractivity contribution in [3.8, 4) is 0 Å². The molecule has 0 amide bonds. The van der Waals surface area contributed by atoms with Crippen molar-refractivity contribution in [2.75, 3.05) is 25.0 Å². The molecule has 18 heavy (non-hydrogen) atoms. The van der Waals surface area contributed by atoms with Crippen LogP contribution in [0.2, 0.25) is 0 Å². The fourth-order valence-electron chi connectivity index (χ4n) is 3.85. The number of rotatable bonds is 2. The van der Waals surface area contributed by atoms with Crippen LogP contribution in [-0.4, -0.2) is 24.6 Å². The van der Waals surface area contributed by atoms with Crippen LogP contribution >= 0.6 is 0 Å². The van der Waals surface area contributed by atoms with Gasteiger partial charge in [0.2, 0.25) is 0 Å². The van der Waals surface area contributed by atoms with Crippen molar-refractivity contribution in [3.05, 3.63) is 23.4 Å². The molecule has 3 heteroatoms. The summed E-state index contributed by atoms with van der Waals surface area (Å²) in [4.78, 5) is 4.80. The van der Waals surface area contributed by atoms with E-state index in [0.29, 0.717) is 5.41 Å². The molecular weight excluding hydrogens is 222 g/mol. The summed E-state index contributed by atoms with van der Waals surface area (Å²) in [6.45, 7) is 3.59. The van der Waals surface area contributed by atoms with E-state index in [2.05, 4.69) is 22.8 Å². The Labute approximate surface area is 108 Å². The molecule has 2 N–H and O–H groups in total. The predicted octanol–water partition coefficient (Wildman–Crippen LogP) is 1.98. The minimum Gasteiger partial charge on any atom is -0.370 e. The van der Waals surface area contributed by atoms with Crippen LogP contribution in [0.4, 0.5) is 5.82 Å². The van der Waals surface area contributed by atoms with Gasteiger partial charge in [-0.3, -0.25) is 0 Å². The molecule has 1 aliphatic carbocycles. The first kappa shape index (κ1) is 10.8. The van der Waals surface area contributed by atoms with Crippen LogP contribution in [0.1, 0.15) is 30.5 Å². The van der Waals surface area contributed by atoms with Gasteiger partial charge in [0, 0.05) is 25.3 Å². The van der Waals surface area contributed by atoms with Crippen LogP contribution in [0.3, 0.4) is 0 Å². The smallest absolute Gasteiger partial charge is 0.129 e. The van der Waals surface area contributed by atoms with Crippen LogP contribution in [0.25, 0.3) is 0 Å². The average molecular weight is 243 g/mol. The third-order valence-electron chi connectivity index (χ3n) is 4.89. The molecule has 96 valence electrons. The van der Waals surface area contributed by atoms with E-state index in [4.69, 9.17) is 4.98 Å². The summed E-state index contributed by atoms with van der Waals surface area (Å²) in [6, 6.07) is 4.53. The Morgan fingerprint density at radius 1 is 1.28 bits per heavy atom. The molecule has 2 fully saturated rings. The Bertz CT molecular complexity index is 457. The lowest BCUT2D eigenvalue weighted by Gasteiger charge is -2.54. The molecule has 3 heterocycles. The fourth-order valence-corrected chi connectivity index (χ4v) is 3.85. The highest BCUT2D eigenvalue weighted by molar-refractivity contribution is 5.47. The van der Waals surface area contributed by atoms with Crippen LogP contribution in [-0.2, 0) is 12.8 Å². The van der Waals surface area contributed by atoms with Crippen molar-refractivity contribution in [2.24, 2.45) is 11.3 Å². The van der Waals surface area contributed by atoms with Crippen molar-refractivity contribution >= 4 is 5.82 Å². The van der Waals surface area contributed by atoms with Crippen molar-refractivity contribution in [1.82, 2.24) is 10.3 Å². The van der Waals surface area contributed by atoms with E-state index < -0.39 is 0 Å². The summed E-state index contributed by atoms with van der Waals surface area (Å²) in [5.74, 6) is 2.03. The lowest BCUT2D eigenvalue weighted by atomic mass is 9.57. The Morgan fingerprint density at radius 2 is 2.17 bits per heavy atom. The van der Waals surface area contributed by atoms with Gasteiger partial charge in [-0.05, 0) is 55.1 Å². The van der Waals surface area contributed by atoms with Crippen molar-refractivity contribution < 1.29 is 0 Å². The molecular formula is C15H21N3. The van der Waals surface area contributed by atoms with Gasteiger partial charge in [-0.1, -0.05) is 6.07 Å². The summed E-state index contributed by atoms with van der Waals surface area (Å²) >= 11 is 0. The molecule has 1 spiro atoms. The number of nitrogens with zero attached hydrogens (tertiary/aromatic N) is 1. The maximum atomic E-state index is 4.80. The molecule has 2 aliphatic heterocycles. The summed E-state index contributed by atoms with van der Waals surface area (Å²) in [5, 5.41) is 6.83. The first-order valence-electron chi connectivity index (χ1n) is 7.26. The average Bonchev–Trinajstić information content (AvgIpc) is 2.31. The number of aromatic nitrogens is 1. The van der Waals surface area contributed by atoms with Crippen molar-refractivity contribution in [3.63, 3.8) is 0 Å². The van der Waals surface area contributed by atoms with E-state index in [-0.39, 0.29) is 0 Å². The van der Waals surface area contributed by atoms with E-state index in [0.717, 1.165) is 18.3 Å². The first-order chi connectivity index (χ1) is 8.83. The Kier molecular flexibility index (Phi) is 2.37. The number of aryl methyl sites for hydroxylation is 1. The fraction of sp³-hybridized carbons (Fsp3) is 0.667. The molecule has 0 aromatic carbocycles. The molecule has 3 nitrogen and oxygen atoms in total. The van der Waals surface area contributed by atoms with Gasteiger partial charge < -0.3 is 10.6 Å². The molecule has 4 rings (SSSR count). The van der Waals surface area contributed by atoms with Gasteiger partial charge in [-0.25, -0.2) is 4.98 Å². The maximum absolute atomic E-state index is 4.80. The van der Waals surface area contributed by atoms with E-state index in [1.54, 1.807) is 0 Å². The number of hydrogen-bond acceptors (Lipinski definition) is 3. The van der Waals surface area contributed by atoms with E-state index in [1.807, 2.05) is 0 Å². The lowest BCUT2D eigenvalue weighted by molar-refractivity contribution is 0.000501. The SMILES string of the molecule is c1cc2c(nc1CC1CC3(CNC3)C1)NCCC2. The molecule has 3 aliphatic rings. The summed E-state index contributed by atoms with van der Waals surface area (Å²) in [7, 11) is 0. The van der Waals surface area contributed by atoms with Gasteiger partial charge >= 0.3 is 0 Å². The van der Waals surface area contributed by atoms with E-state index >= 15 is 0 Å². The first-order valence-corrected chi connectivity index (χ1v) is 7.26. The summed E-state index contributed by atoms with van der Waals surface area (Å²) in [5.41, 5.74) is 3.38. The third-order valence-corrected chi connectivity index (χ3v) is 4.89. The van der Waals surface area contributed by atoms with E-state index in [9.17, 15) is 0 Å². The summed E-state index contributed by atoms with van der Waals surface area (Å²) < 4.78 is 0. The van der Waals surface area contributed by atoms with Gasteiger partial charge in [0.05, 0.1) is 0 Å². The lowest BCUT2D eigenvalue weighted by Crippen LogP contribution is -2.60. The maximum Gasteiger partial charge on any atom is 0.129 e. The highest BCUT2D eigenvalue weighted by Crippen LogP contribution is 2.49. The van der Waals surface area contributed by atoms with Gasteiger partial charge in [0.15, 0.2) is 0 Å². The number of fused-ring (bicyclic) bond motifs is 1. The minimum atomic E-state index is 0.692. The molecule has 0 atom stereocenters. The zero-order valence-corrected chi connectivity index (χ0v) is 10.8. The molecule has 1 saturated heterocycles. The van der Waals surface area contributed by atoms with E-state index in [1.165, 1.54) is 56.5 Å². The Balaban J connectivity index is 1.42. The molecule has 0 radical (unpaired) electrons. The van der Waals surface area contributed by atoms with Gasteiger partial charge in [0.1, 0.15) is 5.82 Å². The monoisotopic (exact) mass is 243 g/mol. The Hall–Kier alpha value is -1.09. The van der Waals surface area contributed by atoms with Crippen molar-refractivity contribution in [1.29, 1.82) is 0 Å². The number of anilines is 1. The zero-order chi connectivity index (χ0) is 12.0. The standard InChI is InChI=1S/C15H21N3/c1-2-12-3-4-13(18-14(12)17-5-1)6-11-7-15(8-11)9-16-10-15/h3-4,11,16H,1-2,5-10H2,(H,17,18). The van der Waals surface area contributed by atoms with Gasteiger partial charge in [0.25, 0.3) is 0 Å². The largest absolute Gasteiger partial charge is 0.370 e. The predicted molar refractivity (Wildman–Crippen MR) is 72.8 cm³/mol. The molecule has 1 aromatic heterocycles. The molecule has 1 aromatic rings. The number of pyridine rings is 1. The zero-order valence-electron chi connectivity index (χ0n) is 10.8. The van der Waals surface area contributed by atoms with Crippen LogP contribution in [0, 0.1) is 11.3 Å². The van der Waals surface area contributed by atoms with Crippen LogP contribution in [0.15, 0.2) is 12.1 Å². The normalized spacial score (nSPS) is 24.9. The number of hydrogen-bond donors (Lipinski definition) is 2. The Morgan fingerprint density at radius 3 is 2.94 bits per heavy atom. The molecule has 1 saturated carbocycles. The minimum absolute atomic E-state index is 0.692. The van der Waals surface area contributed by atoms with Crippen LogP contribution in [0.5, 0.6) is 0 Å².